The summed E-state index contributed by atoms with van der Waals surface area (Å²) in [4.78, 5) is 23.6. The van der Waals surface area contributed by atoms with Crippen molar-refractivity contribution < 1.29 is 14.3 Å². The van der Waals surface area contributed by atoms with Crippen molar-refractivity contribution in [2.24, 2.45) is 0 Å². The molecule has 0 bridgehead atoms. The molecule has 120 valence electrons. The van der Waals surface area contributed by atoms with Crippen LogP contribution in [0.1, 0.15) is 22.3 Å². The predicted molar refractivity (Wildman–Crippen MR) is 90.7 cm³/mol. The van der Waals surface area contributed by atoms with Crippen molar-refractivity contribution in [2.45, 2.75) is 19.6 Å². The normalized spacial score (nSPS) is 12.9. The molecule has 1 N–H and O–H groups in total. The maximum atomic E-state index is 12.2. The zero-order chi connectivity index (χ0) is 16.5. The van der Waals surface area contributed by atoms with E-state index in [1.165, 1.54) is 5.39 Å². The fourth-order valence-corrected chi connectivity index (χ4v) is 2.99. The number of para-hydroxylation sites is 1. The third-order valence-corrected chi connectivity index (χ3v) is 4.23. The monoisotopic (exact) mass is 320 g/mol. The molecule has 2 heterocycles. The van der Waals surface area contributed by atoms with Crippen LogP contribution in [0.5, 0.6) is 0 Å². The van der Waals surface area contributed by atoms with Gasteiger partial charge in [0.05, 0.1) is 5.56 Å². The van der Waals surface area contributed by atoms with E-state index < -0.39 is 0 Å². The Morgan fingerprint density at radius 3 is 2.96 bits per heavy atom. The molecule has 0 aliphatic carbocycles. The van der Waals surface area contributed by atoms with Gasteiger partial charge in [0.2, 0.25) is 5.91 Å². The lowest BCUT2D eigenvalue weighted by molar-refractivity contribution is -0.116. The highest BCUT2D eigenvalue weighted by Gasteiger charge is 2.21. The standard InChI is InChI=1S/C19H16N2O3/c22-18(8-10-21-9-7-13-3-1-2-4-17(13)21)20-15-5-6-16-14(11-15)12-24-19(16)23/h1-7,9,11H,8,10,12H2,(H,20,22). The number of aromatic nitrogens is 1. The highest BCUT2D eigenvalue weighted by Crippen LogP contribution is 2.23. The van der Waals surface area contributed by atoms with E-state index >= 15 is 0 Å². The van der Waals surface area contributed by atoms with Crippen molar-refractivity contribution in [3.8, 4) is 0 Å². The minimum atomic E-state index is -0.303. The number of fused-ring (bicyclic) bond motifs is 2. The quantitative estimate of drug-likeness (QED) is 0.750. The lowest BCUT2D eigenvalue weighted by atomic mass is 10.1. The number of amides is 1. The zero-order valence-corrected chi connectivity index (χ0v) is 13.0. The van der Waals surface area contributed by atoms with E-state index in [1.54, 1.807) is 18.2 Å². The Balaban J connectivity index is 1.41. The number of esters is 1. The summed E-state index contributed by atoms with van der Waals surface area (Å²) >= 11 is 0. The van der Waals surface area contributed by atoms with E-state index in [0.717, 1.165) is 11.1 Å². The number of rotatable bonds is 4. The molecule has 1 aliphatic rings. The third-order valence-electron chi connectivity index (χ3n) is 4.23. The lowest BCUT2D eigenvalue weighted by Gasteiger charge is -2.08. The number of aryl methyl sites for hydroxylation is 1. The summed E-state index contributed by atoms with van der Waals surface area (Å²) in [5, 5.41) is 4.05. The number of anilines is 1. The summed E-state index contributed by atoms with van der Waals surface area (Å²) in [6.45, 7) is 0.888. The number of carbonyl (C=O) groups excluding carboxylic acids is 2. The van der Waals surface area contributed by atoms with Crippen LogP contribution in [-0.4, -0.2) is 16.4 Å². The van der Waals surface area contributed by atoms with Gasteiger partial charge in [-0.25, -0.2) is 4.79 Å². The Hall–Kier alpha value is -3.08. The van der Waals surface area contributed by atoms with Gasteiger partial charge >= 0.3 is 5.97 Å². The van der Waals surface area contributed by atoms with Gasteiger partial charge < -0.3 is 14.6 Å². The van der Waals surface area contributed by atoms with E-state index in [4.69, 9.17) is 4.74 Å². The average Bonchev–Trinajstić information content (AvgIpc) is 3.17. The Labute approximate surface area is 138 Å². The van der Waals surface area contributed by atoms with E-state index in [1.807, 2.05) is 30.5 Å². The second kappa shape index (κ2) is 5.85. The SMILES string of the molecule is O=C(CCn1ccc2ccccc21)Nc1ccc2c(c1)COC2=O. The van der Waals surface area contributed by atoms with Crippen LogP contribution in [0.3, 0.4) is 0 Å². The fraction of sp³-hybridized carbons (Fsp3) is 0.158. The average molecular weight is 320 g/mol. The molecule has 0 saturated heterocycles. The summed E-state index contributed by atoms with van der Waals surface area (Å²) in [5.41, 5.74) is 3.20. The molecule has 1 amide bonds. The van der Waals surface area contributed by atoms with Crippen LogP contribution >= 0.6 is 0 Å². The molecule has 0 fully saturated rings. The van der Waals surface area contributed by atoms with Crippen molar-refractivity contribution in [1.29, 1.82) is 0 Å². The lowest BCUT2D eigenvalue weighted by Crippen LogP contribution is -2.14. The van der Waals surface area contributed by atoms with Gasteiger partial charge in [-0.1, -0.05) is 18.2 Å². The molecule has 1 aromatic heterocycles. The van der Waals surface area contributed by atoms with Crippen molar-refractivity contribution in [3.63, 3.8) is 0 Å². The molecular formula is C19H16N2O3. The molecule has 0 radical (unpaired) electrons. The van der Waals surface area contributed by atoms with E-state index in [-0.39, 0.29) is 18.5 Å². The number of hydrogen-bond acceptors (Lipinski definition) is 3. The number of benzene rings is 2. The third kappa shape index (κ3) is 2.65. The Morgan fingerprint density at radius 2 is 2.04 bits per heavy atom. The van der Waals surface area contributed by atoms with Gasteiger partial charge in [0.15, 0.2) is 0 Å². The summed E-state index contributed by atoms with van der Waals surface area (Å²) in [6, 6.07) is 15.4. The van der Waals surface area contributed by atoms with Crippen LogP contribution in [0.25, 0.3) is 10.9 Å². The van der Waals surface area contributed by atoms with Crippen molar-refractivity contribution in [1.82, 2.24) is 4.57 Å². The van der Waals surface area contributed by atoms with Gasteiger partial charge in [-0.2, -0.15) is 0 Å². The largest absolute Gasteiger partial charge is 0.457 e. The number of hydrogen-bond donors (Lipinski definition) is 1. The number of nitrogens with zero attached hydrogens (tertiary/aromatic N) is 1. The summed E-state index contributed by atoms with van der Waals surface area (Å²) in [6.07, 6.45) is 2.38. The minimum Gasteiger partial charge on any atom is -0.457 e. The summed E-state index contributed by atoms with van der Waals surface area (Å²) in [5.74, 6) is -0.361. The van der Waals surface area contributed by atoms with Crippen LogP contribution in [0.2, 0.25) is 0 Å². The summed E-state index contributed by atoms with van der Waals surface area (Å²) in [7, 11) is 0. The number of ether oxygens (including phenoxy) is 1. The highest BCUT2D eigenvalue weighted by atomic mass is 16.5. The zero-order valence-electron chi connectivity index (χ0n) is 13.0. The first kappa shape index (κ1) is 14.5. The molecule has 2 aromatic carbocycles. The molecule has 24 heavy (non-hydrogen) atoms. The van der Waals surface area contributed by atoms with Gasteiger partial charge in [-0.15, -0.1) is 0 Å². The molecule has 3 aromatic rings. The first-order valence-corrected chi connectivity index (χ1v) is 7.84. The maximum Gasteiger partial charge on any atom is 0.338 e. The van der Waals surface area contributed by atoms with Gasteiger partial charge in [0.25, 0.3) is 0 Å². The van der Waals surface area contributed by atoms with Crippen LogP contribution in [0.15, 0.2) is 54.7 Å². The molecule has 5 heteroatoms. The second-order valence-electron chi connectivity index (χ2n) is 5.81. The molecule has 4 rings (SSSR count). The van der Waals surface area contributed by atoms with Gasteiger partial charge in [0.1, 0.15) is 6.61 Å². The van der Waals surface area contributed by atoms with Gasteiger partial charge in [0, 0.05) is 35.9 Å². The minimum absolute atomic E-state index is 0.0574. The van der Waals surface area contributed by atoms with E-state index in [0.29, 0.717) is 24.2 Å². The number of cyclic esters (lactones) is 1. The van der Waals surface area contributed by atoms with Crippen LogP contribution < -0.4 is 5.32 Å². The topological polar surface area (TPSA) is 60.3 Å². The first-order chi connectivity index (χ1) is 11.7. The molecule has 5 nitrogen and oxygen atoms in total. The van der Waals surface area contributed by atoms with Crippen LogP contribution in [0, 0.1) is 0 Å². The van der Waals surface area contributed by atoms with Gasteiger partial charge in [-0.3, -0.25) is 4.79 Å². The molecular weight excluding hydrogens is 304 g/mol. The Bertz CT molecular complexity index is 943. The molecule has 0 atom stereocenters. The van der Waals surface area contributed by atoms with Crippen molar-refractivity contribution in [3.05, 3.63) is 65.9 Å². The van der Waals surface area contributed by atoms with E-state index in [9.17, 15) is 9.59 Å². The molecule has 0 spiro atoms. The molecule has 1 aliphatic heterocycles. The Kier molecular flexibility index (Phi) is 3.54. The number of nitrogens with one attached hydrogen (secondary N) is 1. The Morgan fingerprint density at radius 1 is 1.17 bits per heavy atom. The fourth-order valence-electron chi connectivity index (χ4n) is 2.99. The summed E-state index contributed by atoms with van der Waals surface area (Å²) < 4.78 is 7.04. The smallest absolute Gasteiger partial charge is 0.338 e. The molecule has 0 unspecified atom stereocenters. The van der Waals surface area contributed by atoms with Gasteiger partial charge in [-0.05, 0) is 35.7 Å². The maximum absolute atomic E-state index is 12.2. The van der Waals surface area contributed by atoms with Crippen molar-refractivity contribution >= 4 is 28.5 Å². The second-order valence-corrected chi connectivity index (χ2v) is 5.81. The van der Waals surface area contributed by atoms with Crippen LogP contribution in [0.4, 0.5) is 5.69 Å². The number of carbonyl (C=O) groups is 2. The highest BCUT2D eigenvalue weighted by molar-refractivity contribution is 5.95. The van der Waals surface area contributed by atoms with Crippen molar-refractivity contribution in [2.75, 3.05) is 5.32 Å². The predicted octanol–water partition coefficient (Wildman–Crippen LogP) is 3.34. The first-order valence-electron chi connectivity index (χ1n) is 7.84. The van der Waals surface area contributed by atoms with E-state index in [2.05, 4.69) is 16.0 Å². The molecule has 0 saturated carbocycles. The van der Waals surface area contributed by atoms with Crippen LogP contribution in [-0.2, 0) is 22.7 Å².